The highest BCUT2D eigenvalue weighted by atomic mass is 16.2. The van der Waals surface area contributed by atoms with Gasteiger partial charge in [0.05, 0.1) is 0 Å². The summed E-state index contributed by atoms with van der Waals surface area (Å²) in [7, 11) is 4.02. The van der Waals surface area contributed by atoms with Gasteiger partial charge >= 0.3 is 6.03 Å². The van der Waals surface area contributed by atoms with E-state index in [9.17, 15) is 4.79 Å². The smallest absolute Gasteiger partial charge is 0.315 e. The molecular weight excluding hydrogens is 178 g/mol. The van der Waals surface area contributed by atoms with Crippen LogP contribution in [0.25, 0.3) is 0 Å². The molecule has 1 aliphatic rings. The van der Waals surface area contributed by atoms with Crippen LogP contribution >= 0.6 is 0 Å². The van der Waals surface area contributed by atoms with Crippen molar-refractivity contribution in [1.82, 2.24) is 15.5 Å². The van der Waals surface area contributed by atoms with Gasteiger partial charge in [-0.15, -0.1) is 0 Å². The Bertz CT molecular complexity index is 190. The largest absolute Gasteiger partial charge is 0.337 e. The second-order valence-electron chi connectivity index (χ2n) is 4.29. The van der Waals surface area contributed by atoms with E-state index in [2.05, 4.69) is 22.5 Å². The van der Waals surface area contributed by atoms with Crippen molar-refractivity contribution in [3.63, 3.8) is 0 Å². The van der Waals surface area contributed by atoms with Crippen molar-refractivity contribution in [2.24, 2.45) is 0 Å². The fourth-order valence-corrected chi connectivity index (χ4v) is 1.21. The van der Waals surface area contributed by atoms with E-state index in [-0.39, 0.29) is 6.03 Å². The highest BCUT2D eigenvalue weighted by molar-refractivity contribution is 5.74. The summed E-state index contributed by atoms with van der Waals surface area (Å²) in [6, 6.07) is 0.773. The molecule has 4 heteroatoms. The third-order valence-electron chi connectivity index (χ3n) is 2.88. The Hall–Kier alpha value is -0.770. The fourth-order valence-electron chi connectivity index (χ4n) is 1.21. The summed E-state index contributed by atoms with van der Waals surface area (Å²) in [5.74, 6) is 0. The number of rotatable bonds is 4. The lowest BCUT2D eigenvalue weighted by Crippen LogP contribution is -2.48. The quantitative estimate of drug-likeness (QED) is 0.703. The molecule has 0 aromatic rings. The van der Waals surface area contributed by atoms with Gasteiger partial charge in [-0.05, 0) is 40.3 Å². The molecule has 14 heavy (non-hydrogen) atoms. The Morgan fingerprint density at radius 3 is 2.57 bits per heavy atom. The van der Waals surface area contributed by atoms with Gasteiger partial charge in [-0.3, -0.25) is 0 Å². The standard InChI is InChI=1S/C10H21N3O/c1-8(13(2)3)7-11-10(14)12-9-5-4-6-9/h8-9H,4-7H2,1-3H3,(H2,11,12,14). The first-order chi connectivity index (χ1) is 6.59. The number of nitrogens with zero attached hydrogens (tertiary/aromatic N) is 1. The Morgan fingerprint density at radius 2 is 2.14 bits per heavy atom. The van der Waals surface area contributed by atoms with Crippen LogP contribution in [-0.4, -0.2) is 43.7 Å². The summed E-state index contributed by atoms with van der Waals surface area (Å²) in [5.41, 5.74) is 0. The van der Waals surface area contributed by atoms with E-state index in [0.717, 1.165) is 12.8 Å². The van der Waals surface area contributed by atoms with E-state index in [4.69, 9.17) is 0 Å². The molecule has 1 rings (SSSR count). The first-order valence-electron chi connectivity index (χ1n) is 5.30. The molecule has 0 heterocycles. The summed E-state index contributed by atoms with van der Waals surface area (Å²) in [6.07, 6.45) is 3.52. The zero-order valence-corrected chi connectivity index (χ0v) is 9.34. The molecule has 0 aromatic heterocycles. The molecule has 4 nitrogen and oxygen atoms in total. The molecule has 2 amide bonds. The predicted octanol–water partition coefficient (Wildman–Crippen LogP) is 0.788. The lowest BCUT2D eigenvalue weighted by atomic mass is 9.93. The highest BCUT2D eigenvalue weighted by Gasteiger charge is 2.19. The first-order valence-corrected chi connectivity index (χ1v) is 5.30. The zero-order chi connectivity index (χ0) is 10.6. The molecule has 0 bridgehead atoms. The van der Waals surface area contributed by atoms with E-state index in [0.29, 0.717) is 18.6 Å². The maximum Gasteiger partial charge on any atom is 0.315 e. The molecule has 82 valence electrons. The minimum absolute atomic E-state index is 0.0246. The summed E-state index contributed by atoms with van der Waals surface area (Å²) in [4.78, 5) is 13.4. The number of likely N-dealkylation sites (N-methyl/N-ethyl adjacent to an activating group) is 1. The van der Waals surface area contributed by atoms with Gasteiger partial charge in [-0.2, -0.15) is 0 Å². The van der Waals surface area contributed by atoms with Gasteiger partial charge in [-0.25, -0.2) is 4.79 Å². The molecule has 0 radical (unpaired) electrons. The van der Waals surface area contributed by atoms with E-state index in [1.54, 1.807) is 0 Å². The van der Waals surface area contributed by atoms with Gasteiger partial charge in [0.2, 0.25) is 0 Å². The lowest BCUT2D eigenvalue weighted by molar-refractivity contribution is 0.223. The summed E-state index contributed by atoms with van der Waals surface area (Å²) >= 11 is 0. The third kappa shape index (κ3) is 3.54. The minimum Gasteiger partial charge on any atom is -0.337 e. The van der Waals surface area contributed by atoms with Crippen LogP contribution in [0.5, 0.6) is 0 Å². The van der Waals surface area contributed by atoms with Crippen molar-refractivity contribution < 1.29 is 4.79 Å². The number of nitrogens with one attached hydrogen (secondary N) is 2. The molecule has 1 atom stereocenters. The van der Waals surface area contributed by atoms with Crippen LogP contribution in [0.2, 0.25) is 0 Å². The topological polar surface area (TPSA) is 44.4 Å². The molecular formula is C10H21N3O. The average molecular weight is 199 g/mol. The highest BCUT2D eigenvalue weighted by Crippen LogP contribution is 2.17. The second-order valence-corrected chi connectivity index (χ2v) is 4.29. The van der Waals surface area contributed by atoms with Gasteiger partial charge in [0, 0.05) is 18.6 Å². The van der Waals surface area contributed by atoms with Crippen LogP contribution in [0.15, 0.2) is 0 Å². The number of carbonyl (C=O) groups excluding carboxylic acids is 1. The van der Waals surface area contributed by atoms with Crippen LogP contribution in [0, 0.1) is 0 Å². The molecule has 0 aromatic carbocycles. The molecule has 2 N–H and O–H groups in total. The zero-order valence-electron chi connectivity index (χ0n) is 9.34. The summed E-state index contributed by atoms with van der Waals surface area (Å²) in [6.45, 7) is 2.79. The Morgan fingerprint density at radius 1 is 1.50 bits per heavy atom. The average Bonchev–Trinajstić information content (AvgIpc) is 2.07. The van der Waals surface area contributed by atoms with Crippen LogP contribution < -0.4 is 10.6 Å². The SMILES string of the molecule is CC(CNC(=O)NC1CCC1)N(C)C. The predicted molar refractivity (Wildman–Crippen MR) is 57.3 cm³/mol. The summed E-state index contributed by atoms with van der Waals surface area (Å²) < 4.78 is 0. The number of urea groups is 1. The van der Waals surface area contributed by atoms with Crippen LogP contribution in [0.3, 0.4) is 0 Å². The van der Waals surface area contributed by atoms with Crippen molar-refractivity contribution in [2.45, 2.75) is 38.3 Å². The van der Waals surface area contributed by atoms with E-state index >= 15 is 0 Å². The molecule has 0 saturated heterocycles. The van der Waals surface area contributed by atoms with Crippen LogP contribution in [0.4, 0.5) is 4.79 Å². The van der Waals surface area contributed by atoms with Crippen molar-refractivity contribution in [1.29, 1.82) is 0 Å². The lowest BCUT2D eigenvalue weighted by Gasteiger charge is -2.27. The Labute approximate surface area is 86.0 Å². The molecule has 1 saturated carbocycles. The first kappa shape index (κ1) is 11.3. The normalized spacial score (nSPS) is 18.9. The maximum absolute atomic E-state index is 11.3. The van der Waals surface area contributed by atoms with E-state index in [1.807, 2.05) is 14.1 Å². The van der Waals surface area contributed by atoms with Crippen molar-refractivity contribution in [3.05, 3.63) is 0 Å². The minimum atomic E-state index is -0.0246. The molecule has 1 unspecified atom stereocenters. The third-order valence-corrected chi connectivity index (χ3v) is 2.88. The molecule has 1 fully saturated rings. The molecule has 0 aliphatic heterocycles. The van der Waals surface area contributed by atoms with Gasteiger partial charge < -0.3 is 15.5 Å². The van der Waals surface area contributed by atoms with Crippen LogP contribution in [-0.2, 0) is 0 Å². The van der Waals surface area contributed by atoms with Gasteiger partial charge in [0.15, 0.2) is 0 Å². The van der Waals surface area contributed by atoms with Gasteiger partial charge in [0.1, 0.15) is 0 Å². The number of hydrogen-bond donors (Lipinski definition) is 2. The Balaban J connectivity index is 2.07. The number of amides is 2. The second kappa shape index (κ2) is 5.20. The maximum atomic E-state index is 11.3. The van der Waals surface area contributed by atoms with Crippen LogP contribution in [0.1, 0.15) is 26.2 Å². The van der Waals surface area contributed by atoms with Crippen molar-refractivity contribution >= 4 is 6.03 Å². The Kier molecular flexibility index (Phi) is 4.20. The van der Waals surface area contributed by atoms with Crippen molar-refractivity contribution in [2.75, 3.05) is 20.6 Å². The molecule has 0 spiro atoms. The monoisotopic (exact) mass is 199 g/mol. The van der Waals surface area contributed by atoms with E-state index < -0.39 is 0 Å². The fraction of sp³-hybridized carbons (Fsp3) is 0.900. The summed E-state index contributed by atoms with van der Waals surface area (Å²) in [5, 5.41) is 5.81. The van der Waals surface area contributed by atoms with Crippen molar-refractivity contribution in [3.8, 4) is 0 Å². The number of carbonyl (C=O) groups is 1. The van der Waals surface area contributed by atoms with Gasteiger partial charge in [-0.1, -0.05) is 0 Å². The molecule has 1 aliphatic carbocycles. The van der Waals surface area contributed by atoms with E-state index in [1.165, 1.54) is 6.42 Å². The van der Waals surface area contributed by atoms with Gasteiger partial charge in [0.25, 0.3) is 0 Å². The number of hydrogen-bond acceptors (Lipinski definition) is 2.